The number of nitrogens with one attached hydrogen (secondary N) is 3. The highest BCUT2D eigenvalue weighted by Crippen LogP contribution is 1.99. The molecule has 0 radical (unpaired) electrons. The Morgan fingerprint density at radius 1 is 1.04 bits per heavy atom. The van der Waals surface area contributed by atoms with E-state index in [2.05, 4.69) is 16.0 Å². The standard InChI is InChI=1S/C13H22N4O8/c1-6(13(24)25)16-9(19)4-15-12(23)8(2-3-10(20)21)17-11(22)7(14)5-18/h6-8,18H,2-5,14H2,1H3,(H,15,23)(H,16,19)(H,17,22)(H,20,21)(H,24,25). The molecule has 0 fully saturated rings. The number of nitrogens with two attached hydrogens (primary N) is 1. The average Bonchev–Trinajstić information content (AvgIpc) is 2.54. The second-order valence-electron chi connectivity index (χ2n) is 5.13. The number of carboxylic acid groups (broad SMARTS) is 2. The van der Waals surface area contributed by atoms with Gasteiger partial charge in [0.1, 0.15) is 18.1 Å². The molecule has 12 heteroatoms. The number of aliphatic carboxylic acids is 2. The minimum Gasteiger partial charge on any atom is -0.481 e. The Hall–Kier alpha value is -2.73. The molecule has 0 saturated carbocycles. The summed E-state index contributed by atoms with van der Waals surface area (Å²) >= 11 is 0. The predicted molar refractivity (Wildman–Crippen MR) is 82.1 cm³/mol. The smallest absolute Gasteiger partial charge is 0.325 e. The number of aliphatic hydroxyl groups excluding tert-OH is 1. The fourth-order valence-electron chi connectivity index (χ4n) is 1.54. The number of hydrogen-bond acceptors (Lipinski definition) is 7. The molecule has 12 nitrogen and oxygen atoms in total. The van der Waals surface area contributed by atoms with Crippen molar-refractivity contribution in [2.24, 2.45) is 5.73 Å². The molecule has 0 aliphatic rings. The molecular formula is C13H22N4O8. The fourth-order valence-corrected chi connectivity index (χ4v) is 1.54. The molecule has 0 spiro atoms. The van der Waals surface area contributed by atoms with Gasteiger partial charge in [0.2, 0.25) is 17.7 Å². The zero-order chi connectivity index (χ0) is 19.6. The Labute approximate surface area is 142 Å². The predicted octanol–water partition coefficient (Wildman–Crippen LogP) is -3.64. The van der Waals surface area contributed by atoms with Crippen LogP contribution < -0.4 is 21.7 Å². The minimum absolute atomic E-state index is 0.266. The van der Waals surface area contributed by atoms with Gasteiger partial charge in [-0.25, -0.2) is 0 Å². The van der Waals surface area contributed by atoms with Gasteiger partial charge in [-0.3, -0.25) is 24.0 Å². The lowest BCUT2D eigenvalue weighted by molar-refractivity contribution is -0.141. The zero-order valence-corrected chi connectivity index (χ0v) is 13.5. The van der Waals surface area contributed by atoms with Crippen LogP contribution in [0.25, 0.3) is 0 Å². The molecule has 3 atom stereocenters. The Morgan fingerprint density at radius 3 is 2.12 bits per heavy atom. The second kappa shape index (κ2) is 10.9. The van der Waals surface area contributed by atoms with Gasteiger partial charge < -0.3 is 37.0 Å². The Kier molecular flexibility index (Phi) is 9.74. The molecule has 3 unspecified atom stereocenters. The van der Waals surface area contributed by atoms with Gasteiger partial charge in [0, 0.05) is 6.42 Å². The lowest BCUT2D eigenvalue weighted by Crippen LogP contribution is -2.54. The van der Waals surface area contributed by atoms with Crippen LogP contribution in [0.1, 0.15) is 19.8 Å². The van der Waals surface area contributed by atoms with Crippen molar-refractivity contribution in [3.8, 4) is 0 Å². The Balaban J connectivity index is 4.69. The van der Waals surface area contributed by atoms with Crippen molar-refractivity contribution in [1.29, 1.82) is 0 Å². The highest BCUT2D eigenvalue weighted by Gasteiger charge is 2.24. The summed E-state index contributed by atoms with van der Waals surface area (Å²) in [5.41, 5.74) is 5.30. The molecular weight excluding hydrogens is 340 g/mol. The topological polar surface area (TPSA) is 208 Å². The fraction of sp³-hybridized carbons (Fsp3) is 0.615. The Morgan fingerprint density at radius 2 is 1.64 bits per heavy atom. The summed E-state index contributed by atoms with van der Waals surface area (Å²) in [7, 11) is 0. The minimum atomic E-state index is -1.29. The normalized spacial score (nSPS) is 13.9. The monoisotopic (exact) mass is 362 g/mol. The number of rotatable bonds is 11. The lowest BCUT2D eigenvalue weighted by atomic mass is 10.1. The van der Waals surface area contributed by atoms with Crippen molar-refractivity contribution in [2.45, 2.75) is 37.9 Å². The van der Waals surface area contributed by atoms with E-state index in [9.17, 15) is 24.0 Å². The molecule has 0 rings (SSSR count). The maximum absolute atomic E-state index is 12.0. The van der Waals surface area contributed by atoms with Gasteiger partial charge in [-0.05, 0) is 13.3 Å². The van der Waals surface area contributed by atoms with Crippen LogP contribution in [0.5, 0.6) is 0 Å². The van der Waals surface area contributed by atoms with Gasteiger partial charge in [0.25, 0.3) is 0 Å². The highest BCUT2D eigenvalue weighted by molar-refractivity contribution is 5.92. The summed E-state index contributed by atoms with van der Waals surface area (Å²) in [5, 5.41) is 32.6. The van der Waals surface area contributed by atoms with E-state index in [1.807, 2.05) is 0 Å². The summed E-state index contributed by atoms with van der Waals surface area (Å²) in [5.74, 6) is -4.95. The quantitative estimate of drug-likeness (QED) is 0.193. The van der Waals surface area contributed by atoms with Crippen molar-refractivity contribution in [1.82, 2.24) is 16.0 Å². The molecule has 8 N–H and O–H groups in total. The first-order chi connectivity index (χ1) is 11.6. The zero-order valence-electron chi connectivity index (χ0n) is 13.5. The van der Waals surface area contributed by atoms with Crippen molar-refractivity contribution in [2.75, 3.05) is 13.2 Å². The van der Waals surface area contributed by atoms with Crippen LogP contribution in [0.15, 0.2) is 0 Å². The third-order valence-electron chi connectivity index (χ3n) is 2.98. The van der Waals surface area contributed by atoms with Gasteiger partial charge in [-0.2, -0.15) is 0 Å². The number of carboxylic acids is 2. The number of aliphatic hydroxyl groups is 1. The molecule has 142 valence electrons. The van der Waals surface area contributed by atoms with Crippen molar-refractivity contribution in [3.05, 3.63) is 0 Å². The van der Waals surface area contributed by atoms with E-state index >= 15 is 0 Å². The average molecular weight is 362 g/mol. The van der Waals surface area contributed by atoms with Crippen molar-refractivity contribution >= 4 is 29.7 Å². The molecule has 0 aliphatic carbocycles. The number of hydrogen-bond donors (Lipinski definition) is 7. The van der Waals surface area contributed by atoms with Crippen LogP contribution in [0.3, 0.4) is 0 Å². The Bertz CT molecular complexity index is 524. The number of carbonyl (C=O) groups is 5. The van der Waals surface area contributed by atoms with E-state index in [0.717, 1.165) is 0 Å². The molecule has 3 amide bonds. The van der Waals surface area contributed by atoms with Gasteiger partial charge in [-0.1, -0.05) is 0 Å². The molecule has 0 aromatic rings. The van der Waals surface area contributed by atoms with E-state index in [0.29, 0.717) is 0 Å². The summed E-state index contributed by atoms with van der Waals surface area (Å²) in [6.07, 6.45) is -0.701. The summed E-state index contributed by atoms with van der Waals surface area (Å²) in [6.45, 7) is -0.00917. The molecule has 0 aromatic carbocycles. The summed E-state index contributed by atoms with van der Waals surface area (Å²) in [4.78, 5) is 56.4. The number of carbonyl (C=O) groups excluding carboxylic acids is 3. The van der Waals surface area contributed by atoms with E-state index in [4.69, 9.17) is 21.1 Å². The van der Waals surface area contributed by atoms with E-state index in [1.165, 1.54) is 6.92 Å². The third-order valence-corrected chi connectivity index (χ3v) is 2.98. The molecule has 0 heterocycles. The first-order valence-electron chi connectivity index (χ1n) is 7.27. The van der Waals surface area contributed by atoms with Crippen LogP contribution in [0.4, 0.5) is 0 Å². The van der Waals surface area contributed by atoms with Gasteiger partial charge >= 0.3 is 11.9 Å². The number of amides is 3. The van der Waals surface area contributed by atoms with Crippen molar-refractivity contribution in [3.63, 3.8) is 0 Å². The maximum atomic E-state index is 12.0. The van der Waals surface area contributed by atoms with Crippen LogP contribution in [0, 0.1) is 0 Å². The van der Waals surface area contributed by atoms with Gasteiger partial charge in [-0.15, -0.1) is 0 Å². The SMILES string of the molecule is CC(NC(=O)CNC(=O)C(CCC(=O)O)NC(=O)C(N)CO)C(=O)O. The van der Waals surface area contributed by atoms with Crippen LogP contribution >= 0.6 is 0 Å². The third kappa shape index (κ3) is 9.22. The van der Waals surface area contributed by atoms with Crippen LogP contribution in [-0.4, -0.2) is 76.3 Å². The van der Waals surface area contributed by atoms with E-state index in [-0.39, 0.29) is 6.42 Å². The molecule has 25 heavy (non-hydrogen) atoms. The first-order valence-corrected chi connectivity index (χ1v) is 7.27. The van der Waals surface area contributed by atoms with Crippen LogP contribution in [0.2, 0.25) is 0 Å². The maximum Gasteiger partial charge on any atom is 0.325 e. The summed E-state index contributed by atoms with van der Waals surface area (Å²) in [6, 6.07) is -3.74. The van der Waals surface area contributed by atoms with Crippen molar-refractivity contribution < 1.29 is 39.3 Å². The van der Waals surface area contributed by atoms with E-state index in [1.54, 1.807) is 0 Å². The lowest BCUT2D eigenvalue weighted by Gasteiger charge is -2.19. The highest BCUT2D eigenvalue weighted by atomic mass is 16.4. The molecule has 0 aromatic heterocycles. The van der Waals surface area contributed by atoms with Crippen LogP contribution in [-0.2, 0) is 24.0 Å². The largest absolute Gasteiger partial charge is 0.481 e. The molecule has 0 bridgehead atoms. The first kappa shape index (κ1) is 22.3. The molecule has 0 saturated heterocycles. The second-order valence-corrected chi connectivity index (χ2v) is 5.13. The van der Waals surface area contributed by atoms with E-state index < -0.39 is 67.4 Å². The molecule has 0 aliphatic heterocycles. The van der Waals surface area contributed by atoms with Gasteiger partial charge in [0.15, 0.2) is 0 Å². The van der Waals surface area contributed by atoms with Gasteiger partial charge in [0.05, 0.1) is 13.2 Å². The summed E-state index contributed by atoms with van der Waals surface area (Å²) < 4.78 is 0.